The second-order valence-corrected chi connectivity index (χ2v) is 11.0. The van der Waals surface area contributed by atoms with Crippen molar-refractivity contribution in [1.82, 2.24) is 9.62 Å². The molecular weight excluding hydrogens is 504 g/mol. The quantitative estimate of drug-likeness (QED) is 0.366. The Bertz CT molecular complexity index is 1420. The topological polar surface area (TPSA) is 113 Å². The van der Waals surface area contributed by atoms with Gasteiger partial charge in [-0.05, 0) is 53.4 Å². The van der Waals surface area contributed by atoms with Gasteiger partial charge in [0, 0.05) is 51.0 Å². The SMILES string of the molecule is CN(C)c1ccc(CNC(=O)c2cccc3c2CN(S(=O)(=O)c2ccc(Cl)c([N+](=O)[O-])c2)CC3)cc1. The van der Waals surface area contributed by atoms with Crippen molar-refractivity contribution in [3.05, 3.63) is 98.1 Å². The number of carbonyl (C=O) groups excluding carboxylic acids is 1. The fraction of sp³-hybridized carbons (Fsp3) is 0.240. The van der Waals surface area contributed by atoms with Gasteiger partial charge in [0.2, 0.25) is 10.0 Å². The molecule has 0 unspecified atom stereocenters. The Morgan fingerprint density at radius 3 is 2.53 bits per heavy atom. The number of sulfonamides is 1. The van der Waals surface area contributed by atoms with E-state index < -0.39 is 20.6 Å². The third kappa shape index (κ3) is 5.20. The molecule has 1 aliphatic heterocycles. The Labute approximate surface area is 214 Å². The number of carbonyl (C=O) groups is 1. The van der Waals surface area contributed by atoms with Crippen LogP contribution in [-0.4, -0.2) is 44.2 Å². The molecule has 0 aromatic heterocycles. The highest BCUT2D eigenvalue weighted by molar-refractivity contribution is 7.89. The van der Waals surface area contributed by atoms with E-state index in [0.717, 1.165) is 22.9 Å². The third-order valence-corrected chi connectivity index (χ3v) is 8.30. The summed E-state index contributed by atoms with van der Waals surface area (Å²) in [5, 5.41) is 14.0. The summed E-state index contributed by atoms with van der Waals surface area (Å²) in [6.07, 6.45) is 0.414. The third-order valence-electron chi connectivity index (χ3n) is 6.14. The summed E-state index contributed by atoms with van der Waals surface area (Å²) in [6.45, 7) is 0.497. The van der Waals surface area contributed by atoms with Crippen molar-refractivity contribution in [2.24, 2.45) is 0 Å². The molecule has 188 valence electrons. The summed E-state index contributed by atoms with van der Waals surface area (Å²) in [4.78, 5) is 25.4. The second-order valence-electron chi connectivity index (χ2n) is 8.65. The van der Waals surface area contributed by atoms with Gasteiger partial charge in [0.05, 0.1) is 9.82 Å². The first-order chi connectivity index (χ1) is 17.1. The highest BCUT2D eigenvalue weighted by Crippen LogP contribution is 2.31. The molecule has 0 radical (unpaired) electrons. The molecule has 0 atom stereocenters. The zero-order valence-corrected chi connectivity index (χ0v) is 21.3. The fourth-order valence-corrected chi connectivity index (χ4v) is 5.72. The summed E-state index contributed by atoms with van der Waals surface area (Å²) < 4.78 is 27.8. The van der Waals surface area contributed by atoms with Crippen molar-refractivity contribution in [2.75, 3.05) is 25.5 Å². The minimum absolute atomic E-state index is 0.0186. The molecule has 0 saturated carbocycles. The number of nitrogens with zero attached hydrogens (tertiary/aromatic N) is 3. The molecule has 11 heteroatoms. The van der Waals surface area contributed by atoms with Gasteiger partial charge in [0.1, 0.15) is 5.02 Å². The Morgan fingerprint density at radius 1 is 1.14 bits per heavy atom. The molecule has 0 bridgehead atoms. The van der Waals surface area contributed by atoms with E-state index in [1.165, 1.54) is 16.4 Å². The number of fused-ring (bicyclic) bond motifs is 1. The highest BCUT2D eigenvalue weighted by Gasteiger charge is 2.32. The van der Waals surface area contributed by atoms with Gasteiger partial charge in [-0.15, -0.1) is 0 Å². The average Bonchev–Trinajstić information content (AvgIpc) is 2.86. The lowest BCUT2D eigenvalue weighted by Gasteiger charge is -2.29. The number of amides is 1. The van der Waals surface area contributed by atoms with E-state index in [4.69, 9.17) is 11.6 Å². The molecule has 1 N–H and O–H groups in total. The molecule has 0 saturated heterocycles. The first-order valence-corrected chi connectivity index (χ1v) is 13.0. The maximum absolute atomic E-state index is 13.3. The van der Waals surface area contributed by atoms with Crippen LogP contribution in [0.4, 0.5) is 11.4 Å². The van der Waals surface area contributed by atoms with E-state index in [1.54, 1.807) is 12.1 Å². The van der Waals surface area contributed by atoms with Crippen LogP contribution in [0.15, 0.2) is 65.6 Å². The number of hydrogen-bond donors (Lipinski definition) is 1. The van der Waals surface area contributed by atoms with Crippen LogP contribution in [0.5, 0.6) is 0 Å². The lowest BCUT2D eigenvalue weighted by atomic mass is 9.95. The number of nitrogens with one attached hydrogen (secondary N) is 1. The molecular formula is C25H25ClN4O5S. The van der Waals surface area contributed by atoms with Crippen LogP contribution in [0.25, 0.3) is 0 Å². The summed E-state index contributed by atoms with van der Waals surface area (Å²) in [5.74, 6) is -0.301. The van der Waals surface area contributed by atoms with E-state index in [1.807, 2.05) is 49.3 Å². The number of halogens is 1. The zero-order chi connectivity index (χ0) is 26.0. The van der Waals surface area contributed by atoms with Crippen LogP contribution >= 0.6 is 11.6 Å². The zero-order valence-electron chi connectivity index (χ0n) is 19.8. The van der Waals surface area contributed by atoms with Gasteiger partial charge in [-0.2, -0.15) is 4.31 Å². The lowest BCUT2D eigenvalue weighted by Crippen LogP contribution is -2.37. The standard InChI is InChI=1S/C25H25ClN4O5S/c1-28(2)19-8-6-17(7-9-19)15-27-25(31)21-5-3-4-18-12-13-29(16-22(18)21)36(34,35)20-10-11-23(26)24(14-20)30(32)33/h3-11,14H,12-13,15-16H2,1-2H3,(H,27,31). The van der Waals surface area contributed by atoms with Gasteiger partial charge in [0.15, 0.2) is 0 Å². The first kappa shape index (κ1) is 25.6. The van der Waals surface area contributed by atoms with Crippen molar-refractivity contribution >= 4 is 38.9 Å². The molecule has 1 aliphatic rings. The Kier molecular flexibility index (Phi) is 7.30. The second kappa shape index (κ2) is 10.3. The maximum Gasteiger partial charge on any atom is 0.289 e. The normalized spacial score (nSPS) is 13.6. The summed E-state index contributed by atoms with van der Waals surface area (Å²) >= 11 is 5.85. The predicted octanol–water partition coefficient (Wildman–Crippen LogP) is 3.99. The van der Waals surface area contributed by atoms with Crippen molar-refractivity contribution in [1.29, 1.82) is 0 Å². The van der Waals surface area contributed by atoms with E-state index in [9.17, 15) is 23.3 Å². The van der Waals surface area contributed by atoms with Crippen LogP contribution in [0.3, 0.4) is 0 Å². The van der Waals surface area contributed by atoms with Crippen molar-refractivity contribution in [2.45, 2.75) is 24.4 Å². The molecule has 36 heavy (non-hydrogen) atoms. The highest BCUT2D eigenvalue weighted by atomic mass is 35.5. The van der Waals surface area contributed by atoms with Crippen LogP contribution in [-0.2, 0) is 29.5 Å². The minimum atomic E-state index is -4.05. The van der Waals surface area contributed by atoms with Crippen LogP contribution in [0.2, 0.25) is 5.02 Å². The number of benzene rings is 3. The number of rotatable bonds is 7. The Morgan fingerprint density at radius 2 is 1.86 bits per heavy atom. The number of nitro groups is 1. The van der Waals surface area contributed by atoms with Gasteiger partial charge >= 0.3 is 0 Å². The summed E-state index contributed by atoms with van der Waals surface area (Å²) in [5.41, 5.74) is 3.43. The number of hydrogen-bond acceptors (Lipinski definition) is 6. The van der Waals surface area contributed by atoms with Gasteiger partial charge in [-0.25, -0.2) is 8.42 Å². The Hall–Kier alpha value is -3.47. The summed E-state index contributed by atoms with van der Waals surface area (Å²) in [6, 6.07) is 16.6. The molecule has 1 amide bonds. The average molecular weight is 529 g/mol. The number of anilines is 1. The molecule has 0 fully saturated rings. The monoisotopic (exact) mass is 528 g/mol. The van der Waals surface area contributed by atoms with Crippen LogP contribution in [0.1, 0.15) is 27.0 Å². The van der Waals surface area contributed by atoms with E-state index in [2.05, 4.69) is 5.32 Å². The molecule has 4 rings (SSSR count). The first-order valence-electron chi connectivity index (χ1n) is 11.2. The van der Waals surface area contributed by atoms with Gasteiger partial charge in [-0.1, -0.05) is 35.9 Å². The maximum atomic E-state index is 13.3. The summed E-state index contributed by atoms with van der Waals surface area (Å²) in [7, 11) is -0.149. The van der Waals surface area contributed by atoms with E-state index in [0.29, 0.717) is 24.1 Å². The van der Waals surface area contributed by atoms with Gasteiger partial charge in [0.25, 0.3) is 11.6 Å². The van der Waals surface area contributed by atoms with Crippen LogP contribution in [0, 0.1) is 10.1 Å². The smallest absolute Gasteiger partial charge is 0.289 e. The Balaban J connectivity index is 1.55. The molecule has 0 aliphatic carbocycles. The van der Waals surface area contributed by atoms with E-state index in [-0.39, 0.29) is 28.9 Å². The number of nitro benzene ring substituents is 1. The predicted molar refractivity (Wildman–Crippen MR) is 138 cm³/mol. The van der Waals surface area contributed by atoms with Crippen LogP contribution < -0.4 is 10.2 Å². The minimum Gasteiger partial charge on any atom is -0.378 e. The van der Waals surface area contributed by atoms with Gasteiger partial charge in [-0.3, -0.25) is 14.9 Å². The molecule has 3 aromatic rings. The molecule has 9 nitrogen and oxygen atoms in total. The molecule has 1 heterocycles. The lowest BCUT2D eigenvalue weighted by molar-refractivity contribution is -0.384. The molecule has 3 aromatic carbocycles. The fourth-order valence-electron chi connectivity index (χ4n) is 4.11. The van der Waals surface area contributed by atoms with Crippen molar-refractivity contribution in [3.8, 4) is 0 Å². The van der Waals surface area contributed by atoms with Gasteiger partial charge < -0.3 is 10.2 Å². The van der Waals surface area contributed by atoms with E-state index >= 15 is 0 Å². The van der Waals surface area contributed by atoms with Crippen molar-refractivity contribution < 1.29 is 18.1 Å². The van der Waals surface area contributed by atoms with Crippen molar-refractivity contribution in [3.63, 3.8) is 0 Å². The largest absolute Gasteiger partial charge is 0.378 e. The molecule has 0 spiro atoms.